The second kappa shape index (κ2) is 14.6. The topological polar surface area (TPSA) is 119 Å². The van der Waals surface area contributed by atoms with Crippen molar-refractivity contribution in [3.8, 4) is 5.75 Å². The van der Waals surface area contributed by atoms with Crippen LogP contribution >= 0.6 is 0 Å². The Morgan fingerprint density at radius 3 is 2.36 bits per heavy atom. The largest absolute Gasteiger partial charge is 0.484 e. The summed E-state index contributed by atoms with van der Waals surface area (Å²) in [4.78, 5) is 41.9. The van der Waals surface area contributed by atoms with Crippen molar-refractivity contribution in [1.29, 1.82) is 0 Å². The number of hydrogen-bond donors (Lipinski definition) is 3. The number of piperazine rings is 1. The van der Waals surface area contributed by atoms with Gasteiger partial charge < -0.3 is 25.3 Å². The summed E-state index contributed by atoms with van der Waals surface area (Å²) in [5.41, 5.74) is 8.96. The van der Waals surface area contributed by atoms with Gasteiger partial charge in [-0.1, -0.05) is 44.7 Å². The third kappa shape index (κ3) is 7.54. The second-order valence-corrected chi connectivity index (χ2v) is 10.2. The van der Waals surface area contributed by atoms with Crippen LogP contribution in [0.15, 0.2) is 59.7 Å². The van der Waals surface area contributed by atoms with E-state index in [4.69, 9.17) is 4.74 Å². The quantitative estimate of drug-likeness (QED) is 0.327. The average molecular weight is 576 g/mol. The Morgan fingerprint density at radius 2 is 1.67 bits per heavy atom. The van der Waals surface area contributed by atoms with Crippen LogP contribution in [0.2, 0.25) is 0 Å². The summed E-state index contributed by atoms with van der Waals surface area (Å²) in [6, 6.07) is 12.3. The van der Waals surface area contributed by atoms with Crippen LogP contribution in [0.25, 0.3) is 0 Å². The third-order valence-corrected chi connectivity index (χ3v) is 7.34. The number of likely N-dealkylation sites (N-methyl/N-ethyl adjacent to an activating group) is 1. The van der Waals surface area contributed by atoms with Crippen molar-refractivity contribution in [3.05, 3.63) is 71.3 Å². The monoisotopic (exact) mass is 575 g/mol. The molecule has 0 spiro atoms. The van der Waals surface area contributed by atoms with Gasteiger partial charge in [0.2, 0.25) is 0 Å². The van der Waals surface area contributed by atoms with E-state index in [1.54, 1.807) is 18.2 Å². The number of nitrogens with one attached hydrogen (secondary N) is 3. The van der Waals surface area contributed by atoms with Crippen molar-refractivity contribution in [3.63, 3.8) is 0 Å². The number of urea groups is 1. The summed E-state index contributed by atoms with van der Waals surface area (Å²) in [6.45, 7) is 13.2. The van der Waals surface area contributed by atoms with Crippen molar-refractivity contribution < 1.29 is 19.1 Å². The van der Waals surface area contributed by atoms with E-state index >= 15 is 0 Å². The summed E-state index contributed by atoms with van der Waals surface area (Å²) >= 11 is 0. The number of anilines is 1. The number of hydrazine groups is 1. The van der Waals surface area contributed by atoms with Gasteiger partial charge in [-0.25, -0.2) is 9.80 Å². The molecule has 0 saturated carbocycles. The summed E-state index contributed by atoms with van der Waals surface area (Å²) in [6.07, 6.45) is 2.11. The number of amides is 3. The normalized spacial score (nSPS) is 17.9. The fourth-order valence-corrected chi connectivity index (χ4v) is 4.98. The molecule has 3 N–H and O–H groups in total. The molecule has 0 bridgehead atoms. The van der Waals surface area contributed by atoms with Gasteiger partial charge in [-0.05, 0) is 43.7 Å². The first-order valence-corrected chi connectivity index (χ1v) is 14.6. The molecule has 11 nitrogen and oxygen atoms in total. The number of hydrazone groups is 1. The van der Waals surface area contributed by atoms with E-state index in [0.29, 0.717) is 34.8 Å². The van der Waals surface area contributed by atoms with E-state index in [9.17, 15) is 14.4 Å². The van der Waals surface area contributed by atoms with Crippen molar-refractivity contribution in [2.75, 3.05) is 58.2 Å². The number of Topliss-reactive ketones (excluding diaryl/α,β-unsaturated/α-hetero) is 1. The highest BCUT2D eigenvalue weighted by Gasteiger charge is 2.33. The Bertz CT molecular complexity index is 1310. The summed E-state index contributed by atoms with van der Waals surface area (Å²) in [5, 5.41) is 9.14. The van der Waals surface area contributed by atoms with E-state index in [0.717, 1.165) is 57.7 Å². The van der Waals surface area contributed by atoms with Gasteiger partial charge >= 0.3 is 6.03 Å². The molecule has 3 amide bonds. The minimum Gasteiger partial charge on any atom is -0.484 e. The number of rotatable bonds is 8. The number of nitrogens with zero attached hydrogens (tertiary/aromatic N) is 4. The number of ether oxygens (including phenoxy) is 1. The Labute approximate surface area is 247 Å². The molecule has 0 atom stereocenters. The van der Waals surface area contributed by atoms with E-state index in [1.165, 1.54) is 0 Å². The molecule has 1 aliphatic carbocycles. The third-order valence-electron chi connectivity index (χ3n) is 7.34. The Morgan fingerprint density at radius 1 is 0.976 bits per heavy atom. The van der Waals surface area contributed by atoms with E-state index in [1.807, 2.05) is 55.1 Å². The highest BCUT2D eigenvalue weighted by Crippen LogP contribution is 2.32. The molecule has 42 heavy (non-hydrogen) atoms. The molecule has 2 fully saturated rings. The molecule has 0 radical (unpaired) electrons. The van der Waals surface area contributed by atoms with Crippen LogP contribution in [0.5, 0.6) is 5.75 Å². The minimum atomic E-state index is -0.396. The molecule has 2 aliphatic heterocycles. The molecule has 224 valence electrons. The first-order chi connectivity index (χ1) is 20.4. The summed E-state index contributed by atoms with van der Waals surface area (Å²) in [5.74, 6) is 0.374. The first kappa shape index (κ1) is 30.7. The van der Waals surface area contributed by atoms with E-state index in [2.05, 4.69) is 32.7 Å². The predicted octanol–water partition coefficient (Wildman–Crippen LogP) is 3.24. The molecule has 2 aromatic rings. The zero-order chi connectivity index (χ0) is 30.1. The molecular formula is C31H41N7O4. The number of carbonyl (C=O) groups is 3. The van der Waals surface area contributed by atoms with Crippen LogP contribution in [-0.4, -0.2) is 91.2 Å². The number of fused-ring (bicyclic) bond motifs is 1. The van der Waals surface area contributed by atoms with Crippen LogP contribution < -0.4 is 20.9 Å². The first-order valence-electron chi connectivity index (χ1n) is 14.6. The SMILES string of the molecule is C=C1C(=O)c2c(NC(=O)NN3CCN(C)CC3)cccc2/C1=N/NCc1ccc(OCC(=O)N2CCCC2)cc1.CC. The van der Waals surface area contributed by atoms with Gasteiger partial charge in [-0.2, -0.15) is 5.10 Å². The van der Waals surface area contributed by atoms with Gasteiger partial charge in [0, 0.05) is 50.4 Å². The van der Waals surface area contributed by atoms with Gasteiger partial charge in [0.1, 0.15) is 11.5 Å². The molecule has 0 aromatic heterocycles. The minimum absolute atomic E-state index is 0.0136. The Balaban J connectivity index is 0.00000198. The second-order valence-electron chi connectivity index (χ2n) is 10.2. The van der Waals surface area contributed by atoms with Gasteiger partial charge in [-0.15, -0.1) is 0 Å². The van der Waals surface area contributed by atoms with Crippen LogP contribution in [0.4, 0.5) is 10.5 Å². The fraction of sp³-hybridized carbons (Fsp3) is 0.419. The standard InChI is InChI=1S/C29H35N7O4.C2H6/c1-20-27(32-30-18-21-8-10-22(11-9-21)40-19-25(37)35-12-3-4-13-35)23-6-5-7-24(26(23)28(20)38)31-29(39)33-36-16-14-34(2)15-17-36;1-2/h5-11,30H,1,3-4,12-19H2,2H3,(H2,31,33,39);1-2H3/b32-27+;. The number of likely N-dealkylation sites (tertiary alicyclic amines) is 1. The number of ketones is 1. The fourth-order valence-electron chi connectivity index (χ4n) is 4.98. The highest BCUT2D eigenvalue weighted by atomic mass is 16.5. The summed E-state index contributed by atoms with van der Waals surface area (Å²) < 4.78 is 5.64. The molecule has 3 aliphatic rings. The van der Waals surface area contributed by atoms with Gasteiger partial charge in [0.05, 0.1) is 17.8 Å². The van der Waals surface area contributed by atoms with Gasteiger partial charge in [0.25, 0.3) is 5.91 Å². The maximum atomic E-state index is 13.1. The van der Waals surface area contributed by atoms with Crippen LogP contribution in [-0.2, 0) is 11.3 Å². The molecule has 2 saturated heterocycles. The predicted molar refractivity (Wildman–Crippen MR) is 164 cm³/mol. The van der Waals surface area contributed by atoms with E-state index in [-0.39, 0.29) is 23.9 Å². The summed E-state index contributed by atoms with van der Waals surface area (Å²) in [7, 11) is 2.05. The van der Waals surface area contributed by atoms with Gasteiger partial charge in [0.15, 0.2) is 12.4 Å². The van der Waals surface area contributed by atoms with Crippen molar-refractivity contribution in [1.82, 2.24) is 25.7 Å². The molecule has 11 heteroatoms. The van der Waals surface area contributed by atoms with Crippen LogP contribution in [0, 0.1) is 0 Å². The van der Waals surface area contributed by atoms with Crippen molar-refractivity contribution in [2.45, 2.75) is 33.2 Å². The number of carbonyl (C=O) groups excluding carboxylic acids is 3. The number of benzene rings is 2. The molecule has 5 rings (SSSR count). The molecule has 2 aromatic carbocycles. The van der Waals surface area contributed by atoms with E-state index < -0.39 is 6.03 Å². The number of hydrogen-bond acceptors (Lipinski definition) is 8. The van der Waals surface area contributed by atoms with Crippen LogP contribution in [0.1, 0.15) is 48.2 Å². The van der Waals surface area contributed by atoms with Crippen LogP contribution in [0.3, 0.4) is 0 Å². The van der Waals surface area contributed by atoms with Crippen molar-refractivity contribution >= 4 is 29.1 Å². The zero-order valence-corrected chi connectivity index (χ0v) is 24.7. The Hall–Kier alpha value is -4.22. The van der Waals surface area contributed by atoms with Crippen molar-refractivity contribution in [2.24, 2.45) is 5.10 Å². The Kier molecular flexibility index (Phi) is 10.7. The molecule has 0 unspecified atom stereocenters. The lowest BCUT2D eigenvalue weighted by molar-refractivity contribution is -0.132. The lowest BCUT2D eigenvalue weighted by atomic mass is 10.1. The maximum Gasteiger partial charge on any atom is 0.333 e. The maximum absolute atomic E-state index is 13.1. The van der Waals surface area contributed by atoms with Gasteiger partial charge in [-0.3, -0.25) is 15.0 Å². The average Bonchev–Trinajstić information content (AvgIpc) is 3.63. The lowest BCUT2D eigenvalue weighted by Gasteiger charge is -2.32. The zero-order valence-electron chi connectivity index (χ0n) is 24.7. The highest BCUT2D eigenvalue weighted by molar-refractivity contribution is 6.42. The smallest absolute Gasteiger partial charge is 0.333 e. The molecule has 2 heterocycles. The number of allylic oxidation sites excluding steroid dienone is 1. The molecular weight excluding hydrogens is 534 g/mol. The lowest BCUT2D eigenvalue weighted by Crippen LogP contribution is -2.53.